The minimum Gasteiger partial charge on any atom is -0.497 e. The molecule has 2 aromatic carbocycles. The number of carbonyl (C=O) groups is 1. The summed E-state index contributed by atoms with van der Waals surface area (Å²) in [4.78, 5) is 11.9. The lowest BCUT2D eigenvalue weighted by molar-refractivity contribution is -0.114. The molecule has 0 aliphatic heterocycles. The van der Waals surface area contributed by atoms with E-state index in [0.29, 0.717) is 0 Å². The number of hydrogen-bond donors (Lipinski definition) is 2. The number of carbonyl (C=O) groups excluding carboxylic acids is 1. The quantitative estimate of drug-likeness (QED) is 0.863. The van der Waals surface area contributed by atoms with Crippen LogP contribution in [0, 0.1) is 6.92 Å². The highest BCUT2D eigenvalue weighted by molar-refractivity contribution is 9.10. The van der Waals surface area contributed by atoms with Crippen molar-refractivity contribution in [3.8, 4) is 5.75 Å². The molecule has 2 N–H and O–H groups in total. The first-order valence-electron chi connectivity index (χ1n) is 6.52. The molecule has 0 bridgehead atoms. The Balaban J connectivity index is 1.89. The van der Waals surface area contributed by atoms with Gasteiger partial charge in [0.05, 0.1) is 13.7 Å². The summed E-state index contributed by atoms with van der Waals surface area (Å²) >= 11 is 3.41. The van der Waals surface area contributed by atoms with Crippen molar-refractivity contribution in [1.82, 2.24) is 0 Å². The number of hydrogen-bond acceptors (Lipinski definition) is 3. The van der Waals surface area contributed by atoms with Crippen LogP contribution in [0.1, 0.15) is 5.56 Å². The fourth-order valence-electron chi connectivity index (χ4n) is 1.88. The van der Waals surface area contributed by atoms with Gasteiger partial charge in [-0.2, -0.15) is 0 Å². The Labute approximate surface area is 132 Å². The van der Waals surface area contributed by atoms with Crippen LogP contribution in [0.15, 0.2) is 46.9 Å². The maximum Gasteiger partial charge on any atom is 0.243 e. The Hall–Kier alpha value is -2.01. The molecule has 0 atom stereocenters. The molecular weight excluding hydrogens is 332 g/mol. The van der Waals surface area contributed by atoms with Crippen molar-refractivity contribution in [2.24, 2.45) is 0 Å². The predicted octanol–water partition coefficient (Wildman–Crippen LogP) is 3.82. The largest absolute Gasteiger partial charge is 0.497 e. The SMILES string of the molecule is COc1ccc(NC(=O)CNc2ccc(Br)cc2C)cc1. The number of amides is 1. The number of anilines is 2. The van der Waals surface area contributed by atoms with Crippen molar-refractivity contribution in [2.45, 2.75) is 6.92 Å². The molecule has 0 aliphatic carbocycles. The molecule has 0 aromatic heterocycles. The van der Waals surface area contributed by atoms with Crippen LogP contribution in [0.5, 0.6) is 5.75 Å². The molecule has 0 spiro atoms. The summed E-state index contributed by atoms with van der Waals surface area (Å²) in [7, 11) is 1.61. The molecule has 0 aliphatic rings. The van der Waals surface area contributed by atoms with Crippen LogP contribution in [0.25, 0.3) is 0 Å². The second-order valence-corrected chi connectivity index (χ2v) is 5.51. The molecule has 0 fully saturated rings. The molecule has 0 unspecified atom stereocenters. The summed E-state index contributed by atoms with van der Waals surface area (Å²) < 4.78 is 6.09. The second-order valence-electron chi connectivity index (χ2n) is 4.59. The van der Waals surface area contributed by atoms with Gasteiger partial charge < -0.3 is 15.4 Å². The molecule has 5 heteroatoms. The maximum absolute atomic E-state index is 11.9. The predicted molar refractivity (Wildman–Crippen MR) is 89.0 cm³/mol. The minimum atomic E-state index is -0.0949. The van der Waals surface area contributed by atoms with Gasteiger partial charge in [-0.15, -0.1) is 0 Å². The molecule has 4 nitrogen and oxygen atoms in total. The van der Waals surface area contributed by atoms with Gasteiger partial charge in [0, 0.05) is 15.8 Å². The van der Waals surface area contributed by atoms with Gasteiger partial charge in [-0.05, 0) is 55.0 Å². The fourth-order valence-corrected chi connectivity index (χ4v) is 2.36. The molecule has 1 amide bonds. The van der Waals surface area contributed by atoms with Gasteiger partial charge in [0.1, 0.15) is 5.75 Å². The lowest BCUT2D eigenvalue weighted by Gasteiger charge is -2.10. The third kappa shape index (κ3) is 4.49. The molecule has 0 heterocycles. The van der Waals surface area contributed by atoms with Crippen LogP contribution < -0.4 is 15.4 Å². The minimum absolute atomic E-state index is 0.0949. The Morgan fingerprint density at radius 1 is 1.19 bits per heavy atom. The Kier molecular flexibility index (Phi) is 5.22. The molecule has 0 saturated heterocycles. The zero-order valence-corrected chi connectivity index (χ0v) is 13.5. The summed E-state index contributed by atoms with van der Waals surface area (Å²) in [5.74, 6) is 0.666. The van der Waals surface area contributed by atoms with Crippen LogP contribution in [0.3, 0.4) is 0 Å². The van der Waals surface area contributed by atoms with Crippen LogP contribution in [0.4, 0.5) is 11.4 Å². The standard InChI is InChI=1S/C16H17BrN2O2/c1-11-9-12(17)3-8-15(11)18-10-16(20)19-13-4-6-14(21-2)7-5-13/h3-9,18H,10H2,1-2H3,(H,19,20). The van der Waals surface area contributed by atoms with E-state index in [-0.39, 0.29) is 12.5 Å². The Bertz CT molecular complexity index is 627. The van der Waals surface area contributed by atoms with Crippen LogP contribution in [-0.4, -0.2) is 19.6 Å². The van der Waals surface area contributed by atoms with Gasteiger partial charge >= 0.3 is 0 Å². The smallest absolute Gasteiger partial charge is 0.243 e. The van der Waals surface area contributed by atoms with Gasteiger partial charge in [-0.25, -0.2) is 0 Å². The Morgan fingerprint density at radius 3 is 2.52 bits per heavy atom. The third-order valence-electron chi connectivity index (χ3n) is 3.00. The molecule has 2 aromatic rings. The third-order valence-corrected chi connectivity index (χ3v) is 3.49. The molecule has 0 saturated carbocycles. The zero-order valence-electron chi connectivity index (χ0n) is 11.9. The number of halogens is 1. The first-order valence-corrected chi connectivity index (χ1v) is 7.31. The maximum atomic E-state index is 11.9. The highest BCUT2D eigenvalue weighted by atomic mass is 79.9. The topological polar surface area (TPSA) is 50.4 Å². The highest BCUT2D eigenvalue weighted by Crippen LogP contribution is 2.20. The fraction of sp³-hybridized carbons (Fsp3) is 0.188. The van der Waals surface area contributed by atoms with E-state index < -0.39 is 0 Å². The van der Waals surface area contributed by atoms with E-state index in [1.165, 1.54) is 0 Å². The van der Waals surface area contributed by atoms with Crippen LogP contribution >= 0.6 is 15.9 Å². The number of nitrogens with one attached hydrogen (secondary N) is 2. The van der Waals surface area contributed by atoms with Gasteiger partial charge in [-0.1, -0.05) is 15.9 Å². The second kappa shape index (κ2) is 7.13. The van der Waals surface area contributed by atoms with Crippen molar-refractivity contribution in [2.75, 3.05) is 24.3 Å². The number of aryl methyl sites for hydroxylation is 1. The summed E-state index contributed by atoms with van der Waals surface area (Å²) in [6.45, 7) is 2.21. The van der Waals surface area contributed by atoms with Crippen molar-refractivity contribution >= 4 is 33.2 Å². The monoisotopic (exact) mass is 348 g/mol. The van der Waals surface area contributed by atoms with Gasteiger partial charge in [0.2, 0.25) is 5.91 Å². The number of rotatable bonds is 5. The van der Waals surface area contributed by atoms with Gasteiger partial charge in [0.25, 0.3) is 0 Å². The van der Waals surface area contributed by atoms with Crippen LogP contribution in [0.2, 0.25) is 0 Å². The number of benzene rings is 2. The van der Waals surface area contributed by atoms with Crippen molar-refractivity contribution in [3.63, 3.8) is 0 Å². The zero-order chi connectivity index (χ0) is 15.2. The first-order chi connectivity index (χ1) is 10.1. The summed E-state index contributed by atoms with van der Waals surface area (Å²) in [6.07, 6.45) is 0. The lowest BCUT2D eigenvalue weighted by atomic mass is 10.2. The normalized spacial score (nSPS) is 10.0. The molecular formula is C16H17BrN2O2. The molecule has 110 valence electrons. The van der Waals surface area contributed by atoms with E-state index >= 15 is 0 Å². The number of methoxy groups -OCH3 is 1. The van der Waals surface area contributed by atoms with Gasteiger partial charge in [-0.3, -0.25) is 4.79 Å². The van der Waals surface area contributed by atoms with E-state index in [9.17, 15) is 4.79 Å². The van der Waals surface area contributed by atoms with Gasteiger partial charge in [0.15, 0.2) is 0 Å². The summed E-state index contributed by atoms with van der Waals surface area (Å²) in [5.41, 5.74) is 2.78. The van der Waals surface area contributed by atoms with E-state index in [4.69, 9.17) is 4.74 Å². The molecule has 0 radical (unpaired) electrons. The van der Waals surface area contributed by atoms with Crippen LogP contribution in [-0.2, 0) is 4.79 Å². The number of ether oxygens (including phenoxy) is 1. The van der Waals surface area contributed by atoms with Crippen molar-refractivity contribution in [3.05, 3.63) is 52.5 Å². The first kappa shape index (κ1) is 15.4. The summed E-state index contributed by atoms with van der Waals surface area (Å²) in [5, 5.41) is 5.95. The molecule has 21 heavy (non-hydrogen) atoms. The molecule has 2 rings (SSSR count). The summed E-state index contributed by atoms with van der Waals surface area (Å²) in [6, 6.07) is 13.1. The highest BCUT2D eigenvalue weighted by Gasteiger charge is 2.04. The van der Waals surface area contributed by atoms with Crippen molar-refractivity contribution < 1.29 is 9.53 Å². The van der Waals surface area contributed by atoms with E-state index in [0.717, 1.165) is 27.2 Å². The van der Waals surface area contributed by atoms with Crippen molar-refractivity contribution in [1.29, 1.82) is 0 Å². The Morgan fingerprint density at radius 2 is 1.90 bits per heavy atom. The van der Waals surface area contributed by atoms with E-state index in [2.05, 4.69) is 26.6 Å². The lowest BCUT2D eigenvalue weighted by Crippen LogP contribution is -2.22. The van der Waals surface area contributed by atoms with E-state index in [1.807, 2.05) is 49.4 Å². The average molecular weight is 349 g/mol. The average Bonchev–Trinajstić information content (AvgIpc) is 2.47. The van der Waals surface area contributed by atoms with E-state index in [1.54, 1.807) is 7.11 Å².